The van der Waals surface area contributed by atoms with Crippen LogP contribution in [0.4, 0.5) is 11.4 Å². The number of nitrogens with two attached hydrogens (primary N) is 2. The number of hydrogen-bond donors (Lipinski definition) is 4. The number of carbonyl (C=O) groups excluding carboxylic acids is 1. The lowest BCUT2D eigenvalue weighted by Gasteiger charge is -2.18. The summed E-state index contributed by atoms with van der Waals surface area (Å²) in [4.78, 5) is 11.7. The lowest BCUT2D eigenvalue weighted by Crippen LogP contribution is -2.28. The summed E-state index contributed by atoms with van der Waals surface area (Å²) in [5, 5.41) is 9.80. The van der Waals surface area contributed by atoms with Crippen molar-refractivity contribution in [2.45, 2.75) is 30.8 Å². The van der Waals surface area contributed by atoms with Gasteiger partial charge < -0.3 is 21.1 Å². The molecule has 27 heavy (non-hydrogen) atoms. The average molecular weight is 389 g/mol. The molecule has 10 heteroatoms. The molecule has 0 saturated heterocycles. The number of anilines is 2. The number of amides is 1. The van der Waals surface area contributed by atoms with E-state index in [1.807, 2.05) is 0 Å². The van der Waals surface area contributed by atoms with Crippen LogP contribution in [0.1, 0.15) is 30.4 Å². The van der Waals surface area contributed by atoms with Crippen molar-refractivity contribution in [3.63, 3.8) is 0 Å². The molecule has 0 aliphatic carbocycles. The van der Waals surface area contributed by atoms with Crippen molar-refractivity contribution >= 4 is 39.9 Å². The molecule has 3 rings (SSSR count). The summed E-state index contributed by atoms with van der Waals surface area (Å²) in [6.45, 7) is 2.01. The summed E-state index contributed by atoms with van der Waals surface area (Å²) in [6.07, 6.45) is 0.337. The highest BCUT2D eigenvalue weighted by molar-refractivity contribution is 7.92. The fraction of sp³-hybridized carbons (Fsp3) is 0.235. The van der Waals surface area contributed by atoms with Crippen LogP contribution in [0.25, 0.3) is 0 Å². The molecule has 1 atom stereocenters. The first-order valence-electron chi connectivity index (χ1n) is 8.37. The van der Waals surface area contributed by atoms with E-state index in [0.717, 1.165) is 5.56 Å². The van der Waals surface area contributed by atoms with Crippen LogP contribution in [-0.2, 0) is 26.1 Å². The van der Waals surface area contributed by atoms with Crippen LogP contribution < -0.4 is 21.7 Å². The highest BCUT2D eigenvalue weighted by Crippen LogP contribution is 2.30. The Hall–Kier alpha value is -2.56. The molecule has 2 aromatic carbocycles. The minimum Gasteiger partial charge on any atom is -0.423 e. The molecule has 2 aromatic rings. The monoisotopic (exact) mass is 389 g/mol. The number of fused-ring (bicyclic) bond motifs is 1. The van der Waals surface area contributed by atoms with Crippen LogP contribution in [-0.4, -0.2) is 26.5 Å². The standard InChI is InChI=1S/C17H20BN3O5S/c1-2-13(17(20)22)14-7-11(19)4-6-16(14)27(24,25)21-12-5-3-10-9-26-18(23)15(10)8-12/h3-8,13,21,23H,2,9,19H2,1H3,(H2,20,22). The molecule has 1 aliphatic heterocycles. The summed E-state index contributed by atoms with van der Waals surface area (Å²) in [7, 11) is -5.11. The summed E-state index contributed by atoms with van der Waals surface area (Å²) in [6, 6.07) is 9.04. The largest absolute Gasteiger partial charge is 0.491 e. The molecular weight excluding hydrogens is 369 g/mol. The Kier molecular flexibility index (Phi) is 5.14. The van der Waals surface area contributed by atoms with Crippen molar-refractivity contribution in [3.05, 3.63) is 47.5 Å². The van der Waals surface area contributed by atoms with Gasteiger partial charge in [0.2, 0.25) is 5.91 Å². The van der Waals surface area contributed by atoms with Gasteiger partial charge in [-0.25, -0.2) is 8.42 Å². The molecule has 0 aromatic heterocycles. The second-order valence-corrected chi connectivity index (χ2v) is 7.99. The molecule has 1 amide bonds. The molecule has 1 heterocycles. The molecule has 1 unspecified atom stereocenters. The van der Waals surface area contributed by atoms with Gasteiger partial charge in [0, 0.05) is 11.4 Å². The summed E-state index contributed by atoms with van der Waals surface area (Å²) in [5.74, 6) is -1.41. The number of sulfonamides is 1. The Balaban J connectivity index is 2.01. The SMILES string of the molecule is CCC(C(N)=O)c1cc(N)ccc1S(=O)(=O)Nc1ccc2c(c1)B(O)OC2. The zero-order chi connectivity index (χ0) is 19.8. The fourth-order valence-corrected chi connectivity index (χ4v) is 4.45. The molecular formula is C17H20BN3O5S. The summed E-state index contributed by atoms with van der Waals surface area (Å²) >= 11 is 0. The van der Waals surface area contributed by atoms with Crippen molar-refractivity contribution in [2.75, 3.05) is 10.5 Å². The zero-order valence-electron chi connectivity index (χ0n) is 14.7. The lowest BCUT2D eigenvalue weighted by atomic mass is 9.79. The third-order valence-corrected chi connectivity index (χ3v) is 5.97. The predicted molar refractivity (Wildman–Crippen MR) is 103 cm³/mol. The van der Waals surface area contributed by atoms with Gasteiger partial charge in [0.05, 0.1) is 17.4 Å². The Morgan fingerprint density at radius 1 is 1.33 bits per heavy atom. The van der Waals surface area contributed by atoms with Gasteiger partial charge in [0.1, 0.15) is 0 Å². The van der Waals surface area contributed by atoms with Crippen molar-refractivity contribution in [2.24, 2.45) is 5.73 Å². The first-order valence-corrected chi connectivity index (χ1v) is 9.85. The van der Waals surface area contributed by atoms with E-state index in [9.17, 15) is 18.2 Å². The minimum atomic E-state index is -4.02. The van der Waals surface area contributed by atoms with Gasteiger partial charge in [-0.15, -0.1) is 0 Å². The minimum absolute atomic E-state index is 0.0698. The molecule has 0 bridgehead atoms. The molecule has 6 N–H and O–H groups in total. The molecule has 0 radical (unpaired) electrons. The quantitative estimate of drug-likeness (QED) is 0.412. The van der Waals surface area contributed by atoms with Gasteiger partial charge in [-0.05, 0) is 53.3 Å². The second-order valence-electron chi connectivity index (χ2n) is 6.34. The van der Waals surface area contributed by atoms with E-state index in [2.05, 4.69) is 4.72 Å². The maximum absolute atomic E-state index is 13.0. The number of benzene rings is 2. The van der Waals surface area contributed by atoms with E-state index < -0.39 is 29.0 Å². The number of carbonyl (C=O) groups is 1. The highest BCUT2D eigenvalue weighted by atomic mass is 32.2. The Morgan fingerprint density at radius 3 is 2.74 bits per heavy atom. The van der Waals surface area contributed by atoms with E-state index in [-0.39, 0.29) is 22.8 Å². The van der Waals surface area contributed by atoms with E-state index >= 15 is 0 Å². The first-order chi connectivity index (χ1) is 12.7. The van der Waals surface area contributed by atoms with Crippen LogP contribution in [0.15, 0.2) is 41.3 Å². The number of hydrogen-bond acceptors (Lipinski definition) is 6. The molecule has 0 spiro atoms. The first kappa shape index (κ1) is 19.2. The van der Waals surface area contributed by atoms with Crippen molar-refractivity contribution < 1.29 is 22.9 Å². The third-order valence-electron chi connectivity index (χ3n) is 4.51. The van der Waals surface area contributed by atoms with Crippen LogP contribution >= 0.6 is 0 Å². The molecule has 142 valence electrons. The topological polar surface area (TPSA) is 145 Å². The second kappa shape index (κ2) is 7.22. The van der Waals surface area contributed by atoms with E-state index in [1.54, 1.807) is 19.1 Å². The van der Waals surface area contributed by atoms with Gasteiger partial charge in [0.25, 0.3) is 10.0 Å². The van der Waals surface area contributed by atoms with E-state index in [0.29, 0.717) is 17.6 Å². The zero-order valence-corrected chi connectivity index (χ0v) is 15.5. The van der Waals surface area contributed by atoms with Gasteiger partial charge in [-0.1, -0.05) is 13.0 Å². The summed E-state index contributed by atoms with van der Waals surface area (Å²) < 4.78 is 33.5. The van der Waals surface area contributed by atoms with Crippen molar-refractivity contribution in [1.29, 1.82) is 0 Å². The average Bonchev–Trinajstić information content (AvgIpc) is 2.95. The Labute approximate surface area is 157 Å². The Morgan fingerprint density at radius 2 is 2.07 bits per heavy atom. The van der Waals surface area contributed by atoms with Crippen LogP contribution in [0.5, 0.6) is 0 Å². The third kappa shape index (κ3) is 3.77. The van der Waals surface area contributed by atoms with Gasteiger partial charge in [-0.3, -0.25) is 9.52 Å². The van der Waals surface area contributed by atoms with Gasteiger partial charge >= 0.3 is 7.12 Å². The number of primary amides is 1. The van der Waals surface area contributed by atoms with Crippen LogP contribution in [0, 0.1) is 0 Å². The smallest absolute Gasteiger partial charge is 0.423 e. The van der Waals surface area contributed by atoms with Crippen molar-refractivity contribution in [3.8, 4) is 0 Å². The van der Waals surface area contributed by atoms with E-state index in [1.165, 1.54) is 24.3 Å². The number of rotatable bonds is 6. The van der Waals surface area contributed by atoms with Crippen LogP contribution in [0.3, 0.4) is 0 Å². The maximum Gasteiger partial charge on any atom is 0.491 e. The lowest BCUT2D eigenvalue weighted by molar-refractivity contribution is -0.119. The van der Waals surface area contributed by atoms with Crippen molar-refractivity contribution in [1.82, 2.24) is 0 Å². The number of nitrogens with one attached hydrogen (secondary N) is 1. The molecule has 1 aliphatic rings. The normalized spacial score (nSPS) is 14.7. The van der Waals surface area contributed by atoms with Crippen LogP contribution in [0.2, 0.25) is 0 Å². The molecule has 0 saturated carbocycles. The summed E-state index contributed by atoms with van der Waals surface area (Å²) in [5.41, 5.74) is 13.4. The molecule has 0 fully saturated rings. The highest BCUT2D eigenvalue weighted by Gasteiger charge is 2.29. The predicted octanol–water partition coefficient (Wildman–Crippen LogP) is 0.266. The molecule has 8 nitrogen and oxygen atoms in total. The van der Waals surface area contributed by atoms with Gasteiger partial charge in [-0.2, -0.15) is 0 Å². The fourth-order valence-electron chi connectivity index (χ4n) is 3.15. The van der Waals surface area contributed by atoms with Gasteiger partial charge in [0.15, 0.2) is 0 Å². The van der Waals surface area contributed by atoms with E-state index in [4.69, 9.17) is 16.1 Å². The number of nitrogen functional groups attached to an aromatic ring is 1. The Bertz CT molecular complexity index is 996. The maximum atomic E-state index is 13.0.